The van der Waals surface area contributed by atoms with Crippen molar-refractivity contribution in [2.75, 3.05) is 18.8 Å². The Morgan fingerprint density at radius 2 is 1.86 bits per heavy atom. The molecule has 1 saturated heterocycles. The van der Waals surface area contributed by atoms with Gasteiger partial charge in [-0.25, -0.2) is 9.79 Å². The molecule has 5 rings (SSSR count). The zero-order valence-corrected chi connectivity index (χ0v) is 20.3. The van der Waals surface area contributed by atoms with Gasteiger partial charge in [0, 0.05) is 28.7 Å². The largest absolute Gasteiger partial charge is 0.445 e. The summed E-state index contributed by atoms with van der Waals surface area (Å²) in [6.07, 6.45) is -0.394. The molecule has 1 N–H and O–H groups in total. The van der Waals surface area contributed by atoms with Gasteiger partial charge in [0.2, 0.25) is 0 Å². The Hall–Kier alpha value is -3.61. The lowest BCUT2D eigenvalue weighted by Crippen LogP contribution is -2.42. The zero-order chi connectivity index (χ0) is 24.3. The first-order valence-corrected chi connectivity index (χ1v) is 12.9. The fourth-order valence-corrected chi connectivity index (χ4v) is 6.49. The van der Waals surface area contributed by atoms with Crippen molar-refractivity contribution in [3.05, 3.63) is 93.7 Å². The van der Waals surface area contributed by atoms with Gasteiger partial charge in [0.1, 0.15) is 23.1 Å². The predicted octanol–water partition coefficient (Wildman–Crippen LogP) is 4.62. The van der Waals surface area contributed by atoms with Gasteiger partial charge in [-0.1, -0.05) is 60.3 Å². The molecule has 0 saturated carbocycles. The Balaban J connectivity index is 1.39. The van der Waals surface area contributed by atoms with Crippen LogP contribution in [0.3, 0.4) is 0 Å². The number of ether oxygens (including phenoxy) is 1. The number of likely N-dealkylation sites (tertiary alicyclic amines) is 1. The molecule has 176 valence electrons. The summed E-state index contributed by atoms with van der Waals surface area (Å²) in [5.74, 6) is 0.474. The number of carbonyl (C=O) groups is 2. The molecule has 1 fully saturated rings. The summed E-state index contributed by atoms with van der Waals surface area (Å²) in [5.41, 5.74) is 0.729. The van der Waals surface area contributed by atoms with Crippen molar-refractivity contribution in [2.45, 2.75) is 12.1 Å². The molecule has 2 aromatic carbocycles. The topological polar surface area (TPSA) is 94.8 Å². The van der Waals surface area contributed by atoms with E-state index in [4.69, 9.17) is 9.73 Å². The second kappa shape index (κ2) is 9.94. The highest BCUT2D eigenvalue weighted by Gasteiger charge is 2.53. The van der Waals surface area contributed by atoms with Crippen LogP contribution in [0.25, 0.3) is 0 Å². The molecular weight excluding hydrogens is 480 g/mol. The first-order chi connectivity index (χ1) is 17.1. The smallest absolute Gasteiger partial charge is 0.410 e. The van der Waals surface area contributed by atoms with Gasteiger partial charge in [-0.3, -0.25) is 4.79 Å². The van der Waals surface area contributed by atoms with E-state index in [0.29, 0.717) is 34.5 Å². The third kappa shape index (κ3) is 4.81. The van der Waals surface area contributed by atoms with Gasteiger partial charge in [-0.2, -0.15) is 5.26 Å². The van der Waals surface area contributed by atoms with Crippen molar-refractivity contribution in [1.29, 1.82) is 5.26 Å². The van der Waals surface area contributed by atoms with Crippen LogP contribution in [-0.2, 0) is 16.9 Å². The second-order valence-corrected chi connectivity index (χ2v) is 10.5. The molecule has 9 heteroatoms. The lowest BCUT2D eigenvalue weighted by molar-refractivity contribution is 0.0975. The molecule has 0 bridgehead atoms. The van der Waals surface area contributed by atoms with Crippen molar-refractivity contribution >= 4 is 40.3 Å². The number of amidine groups is 1. The van der Waals surface area contributed by atoms with Crippen LogP contribution in [0.5, 0.6) is 0 Å². The number of thioether (sulfide) groups is 1. The van der Waals surface area contributed by atoms with Crippen molar-refractivity contribution in [3.63, 3.8) is 0 Å². The maximum Gasteiger partial charge on any atom is 0.410 e. The number of nitriles is 1. The number of carbonyl (C=O) groups excluding carboxylic acids is 2. The second-order valence-electron chi connectivity index (χ2n) is 8.37. The first kappa shape index (κ1) is 23.1. The minimum atomic E-state index is -0.740. The maximum absolute atomic E-state index is 13.0. The zero-order valence-electron chi connectivity index (χ0n) is 18.7. The van der Waals surface area contributed by atoms with E-state index in [0.717, 1.165) is 10.4 Å². The van der Waals surface area contributed by atoms with E-state index in [1.54, 1.807) is 23.1 Å². The normalized spacial score (nSPS) is 20.9. The van der Waals surface area contributed by atoms with Gasteiger partial charge >= 0.3 is 6.09 Å². The molecule has 2 amide bonds. The quantitative estimate of drug-likeness (QED) is 0.562. The Morgan fingerprint density at radius 1 is 1.11 bits per heavy atom. The van der Waals surface area contributed by atoms with Crippen molar-refractivity contribution in [3.8, 4) is 6.07 Å². The number of hydrogen-bond donors (Lipinski definition) is 1. The third-order valence-electron chi connectivity index (χ3n) is 6.13. The highest BCUT2D eigenvalue weighted by Crippen LogP contribution is 2.47. The predicted molar refractivity (Wildman–Crippen MR) is 136 cm³/mol. The van der Waals surface area contributed by atoms with Crippen LogP contribution in [0.15, 0.2) is 77.8 Å². The highest BCUT2D eigenvalue weighted by atomic mass is 32.2. The number of amides is 2. The average molecular weight is 503 g/mol. The first-order valence-electron chi connectivity index (χ1n) is 11.1. The molecule has 0 unspecified atom stereocenters. The van der Waals surface area contributed by atoms with Crippen LogP contribution < -0.4 is 5.32 Å². The van der Waals surface area contributed by atoms with Gasteiger partial charge < -0.3 is 15.0 Å². The van der Waals surface area contributed by atoms with E-state index < -0.39 is 11.6 Å². The van der Waals surface area contributed by atoms with Crippen molar-refractivity contribution < 1.29 is 14.3 Å². The standard InChI is InChI=1S/C26H22N4O3S2/c27-13-21-11-12-22(35-21)26-17-30(25(32)33-15-18-7-3-1-4-8-18)14-20(26)16-34-24(29-26)28-23(31)19-9-5-2-6-10-19/h1-12,20H,14-17H2,(H,28,29,31)/t20-,26-/m0/s1. The van der Waals surface area contributed by atoms with Crippen molar-refractivity contribution in [2.24, 2.45) is 10.9 Å². The van der Waals surface area contributed by atoms with Crippen LogP contribution in [0.1, 0.15) is 25.7 Å². The molecule has 3 aromatic rings. The summed E-state index contributed by atoms with van der Waals surface area (Å²) in [6, 6.07) is 24.4. The number of nitrogens with zero attached hydrogens (tertiary/aromatic N) is 3. The molecular formula is C26H22N4O3S2. The number of fused-ring (bicyclic) bond motifs is 1. The molecule has 7 nitrogen and oxygen atoms in total. The Kier molecular flexibility index (Phi) is 6.57. The fourth-order valence-electron chi connectivity index (χ4n) is 4.35. The van der Waals surface area contributed by atoms with E-state index >= 15 is 0 Å². The molecule has 2 aliphatic heterocycles. The number of rotatable bonds is 4. The molecule has 3 heterocycles. The van der Waals surface area contributed by atoms with Crippen LogP contribution in [0.4, 0.5) is 4.79 Å². The van der Waals surface area contributed by atoms with Crippen LogP contribution in [0, 0.1) is 17.2 Å². The summed E-state index contributed by atoms with van der Waals surface area (Å²) >= 11 is 2.85. The van der Waals surface area contributed by atoms with Gasteiger partial charge in [-0.15, -0.1) is 11.3 Å². The number of thiophene rings is 1. The van der Waals surface area contributed by atoms with Gasteiger partial charge in [0.05, 0.1) is 6.54 Å². The molecule has 0 aliphatic carbocycles. The molecule has 35 heavy (non-hydrogen) atoms. The van der Waals surface area contributed by atoms with E-state index in [1.165, 1.54) is 23.1 Å². The average Bonchev–Trinajstić information content (AvgIpc) is 3.54. The summed E-state index contributed by atoms with van der Waals surface area (Å²) < 4.78 is 5.59. The number of nitrogens with one attached hydrogen (secondary N) is 1. The molecule has 1 aromatic heterocycles. The van der Waals surface area contributed by atoms with E-state index in [9.17, 15) is 14.9 Å². The summed E-state index contributed by atoms with van der Waals surface area (Å²) in [5, 5.41) is 12.8. The highest BCUT2D eigenvalue weighted by molar-refractivity contribution is 8.13. The lowest BCUT2D eigenvalue weighted by Gasteiger charge is -2.34. The lowest BCUT2D eigenvalue weighted by atomic mass is 9.87. The van der Waals surface area contributed by atoms with Crippen LogP contribution in [-0.4, -0.2) is 40.9 Å². The Morgan fingerprint density at radius 3 is 2.57 bits per heavy atom. The summed E-state index contributed by atoms with van der Waals surface area (Å²) in [6.45, 7) is 1.01. The van der Waals surface area contributed by atoms with Gasteiger partial charge in [-0.05, 0) is 29.8 Å². The van der Waals surface area contributed by atoms with Crippen molar-refractivity contribution in [1.82, 2.24) is 10.2 Å². The SMILES string of the molecule is N#Cc1ccc([C@]23CN(C(=O)OCc4ccccc4)C[C@H]2CSC(NC(=O)c2ccccc2)=N3)s1. The third-order valence-corrected chi connectivity index (χ3v) is 8.33. The number of aliphatic imine (C=N–C) groups is 1. The minimum absolute atomic E-state index is 0.0272. The van der Waals surface area contributed by atoms with E-state index in [1.807, 2.05) is 54.6 Å². The van der Waals surface area contributed by atoms with E-state index in [-0.39, 0.29) is 18.4 Å². The molecule has 2 atom stereocenters. The van der Waals surface area contributed by atoms with Crippen LogP contribution >= 0.6 is 23.1 Å². The van der Waals surface area contributed by atoms with Gasteiger partial charge in [0.25, 0.3) is 5.91 Å². The Bertz CT molecular complexity index is 1300. The summed E-state index contributed by atoms with van der Waals surface area (Å²) in [7, 11) is 0. The van der Waals surface area contributed by atoms with Gasteiger partial charge in [0.15, 0.2) is 5.17 Å². The minimum Gasteiger partial charge on any atom is -0.445 e. The molecule has 0 radical (unpaired) electrons. The summed E-state index contributed by atoms with van der Waals surface area (Å²) in [4.78, 5) is 33.9. The monoisotopic (exact) mass is 502 g/mol. The number of hydrogen-bond acceptors (Lipinski definition) is 7. The number of benzene rings is 2. The molecule has 0 spiro atoms. The van der Waals surface area contributed by atoms with Crippen LogP contribution in [0.2, 0.25) is 0 Å². The molecule has 2 aliphatic rings. The Labute approximate surface area is 211 Å². The fraction of sp³-hybridized carbons (Fsp3) is 0.231. The maximum atomic E-state index is 13.0. The van der Waals surface area contributed by atoms with E-state index in [2.05, 4.69) is 11.4 Å².